The maximum atomic E-state index is 13.2. The Labute approximate surface area is 171 Å². The van der Waals surface area contributed by atoms with Gasteiger partial charge in [-0.25, -0.2) is 0 Å². The lowest BCUT2D eigenvalue weighted by molar-refractivity contribution is 0.0638. The van der Waals surface area contributed by atoms with Crippen molar-refractivity contribution in [3.63, 3.8) is 0 Å². The Balaban J connectivity index is 1.89. The number of rotatable bonds is 7. The highest BCUT2D eigenvalue weighted by Gasteiger charge is 2.35. The van der Waals surface area contributed by atoms with Gasteiger partial charge in [0.15, 0.2) is 0 Å². The summed E-state index contributed by atoms with van der Waals surface area (Å²) in [6.45, 7) is 7.16. The summed E-state index contributed by atoms with van der Waals surface area (Å²) in [7, 11) is 1.58. The van der Waals surface area contributed by atoms with Crippen LogP contribution in [0, 0.1) is 13.8 Å². The topological polar surface area (TPSA) is 66.9 Å². The van der Waals surface area contributed by atoms with Crippen molar-refractivity contribution >= 4 is 23.4 Å². The number of carbonyl (C=O) groups is 3. The van der Waals surface area contributed by atoms with Crippen molar-refractivity contribution in [2.24, 2.45) is 0 Å². The predicted molar refractivity (Wildman–Crippen MR) is 112 cm³/mol. The van der Waals surface area contributed by atoms with Gasteiger partial charge in [-0.3, -0.25) is 19.3 Å². The summed E-state index contributed by atoms with van der Waals surface area (Å²) in [5.41, 5.74) is 4.00. The lowest BCUT2D eigenvalue weighted by Crippen LogP contribution is -2.31. The maximum Gasteiger partial charge on any atom is 0.261 e. The van der Waals surface area contributed by atoms with E-state index in [2.05, 4.69) is 6.07 Å². The molecule has 1 aliphatic rings. The van der Waals surface area contributed by atoms with Gasteiger partial charge in [0.2, 0.25) is 0 Å². The van der Waals surface area contributed by atoms with Gasteiger partial charge in [0.05, 0.1) is 11.1 Å². The summed E-state index contributed by atoms with van der Waals surface area (Å²) in [6, 6.07) is 10.7. The van der Waals surface area contributed by atoms with E-state index in [-0.39, 0.29) is 23.3 Å². The first-order chi connectivity index (χ1) is 13.9. The minimum absolute atomic E-state index is 0.196. The summed E-state index contributed by atoms with van der Waals surface area (Å²) in [5, 5.41) is 0. The second-order valence-electron chi connectivity index (χ2n) is 7.26. The average Bonchev–Trinajstić information content (AvgIpc) is 2.92. The Kier molecular flexibility index (Phi) is 6.13. The number of nitrogens with zero attached hydrogens (tertiary/aromatic N) is 2. The van der Waals surface area contributed by atoms with Crippen LogP contribution in [-0.2, 0) is 4.74 Å². The number of hydrogen-bond acceptors (Lipinski definition) is 4. The molecule has 0 bridgehead atoms. The fraction of sp³-hybridized carbons (Fsp3) is 0.348. The van der Waals surface area contributed by atoms with Crippen molar-refractivity contribution < 1.29 is 19.1 Å². The molecule has 0 unspecified atom stereocenters. The lowest BCUT2D eigenvalue weighted by Gasteiger charge is -2.22. The van der Waals surface area contributed by atoms with Gasteiger partial charge in [0.25, 0.3) is 17.7 Å². The molecule has 2 aromatic carbocycles. The van der Waals surface area contributed by atoms with Crippen LogP contribution in [-0.4, -0.2) is 49.4 Å². The van der Waals surface area contributed by atoms with E-state index in [0.717, 1.165) is 16.8 Å². The van der Waals surface area contributed by atoms with Gasteiger partial charge in [-0.1, -0.05) is 6.07 Å². The number of hydrogen-bond donors (Lipinski definition) is 0. The van der Waals surface area contributed by atoms with Crippen molar-refractivity contribution in [1.82, 2.24) is 4.90 Å². The number of fused-ring (bicyclic) bond motifs is 1. The van der Waals surface area contributed by atoms with Crippen molar-refractivity contribution in [2.75, 3.05) is 31.7 Å². The molecule has 0 N–H and O–H groups in total. The number of imide groups is 1. The largest absolute Gasteiger partial charge is 0.385 e. The molecule has 1 heterocycles. The summed E-state index contributed by atoms with van der Waals surface area (Å²) in [6.07, 6.45) is 0.573. The minimum atomic E-state index is -0.356. The van der Waals surface area contributed by atoms with E-state index in [1.807, 2.05) is 32.9 Å². The van der Waals surface area contributed by atoms with Crippen LogP contribution in [0.2, 0.25) is 0 Å². The highest BCUT2D eigenvalue weighted by Crippen LogP contribution is 2.26. The van der Waals surface area contributed by atoms with Crippen LogP contribution in [0.25, 0.3) is 0 Å². The molecular weight excluding hydrogens is 368 g/mol. The third-order valence-electron chi connectivity index (χ3n) is 5.03. The molecule has 0 saturated carbocycles. The summed E-state index contributed by atoms with van der Waals surface area (Å²) < 4.78 is 5.00. The first kappa shape index (κ1) is 20.7. The van der Waals surface area contributed by atoms with Gasteiger partial charge in [0.1, 0.15) is 0 Å². The third kappa shape index (κ3) is 4.07. The SMILES string of the molecule is CCN(C(=O)c1ccc2c(c1)C(=O)N(CCCOC)C2=O)c1cc(C)cc(C)c1. The van der Waals surface area contributed by atoms with Crippen molar-refractivity contribution in [2.45, 2.75) is 27.2 Å². The van der Waals surface area contributed by atoms with E-state index in [1.165, 1.54) is 4.90 Å². The summed E-state index contributed by atoms with van der Waals surface area (Å²) in [4.78, 5) is 41.3. The molecule has 6 heteroatoms. The van der Waals surface area contributed by atoms with Gasteiger partial charge < -0.3 is 9.64 Å². The van der Waals surface area contributed by atoms with E-state index in [9.17, 15) is 14.4 Å². The molecule has 0 aliphatic carbocycles. The molecule has 29 heavy (non-hydrogen) atoms. The molecule has 0 saturated heterocycles. The highest BCUT2D eigenvalue weighted by molar-refractivity contribution is 6.22. The van der Waals surface area contributed by atoms with Crippen molar-refractivity contribution in [3.8, 4) is 0 Å². The van der Waals surface area contributed by atoms with Crippen LogP contribution in [0.4, 0.5) is 5.69 Å². The van der Waals surface area contributed by atoms with Gasteiger partial charge in [0, 0.05) is 38.1 Å². The van der Waals surface area contributed by atoms with Gasteiger partial charge >= 0.3 is 0 Å². The Bertz CT molecular complexity index is 947. The molecule has 2 aromatic rings. The Hall–Kier alpha value is -2.99. The first-order valence-corrected chi connectivity index (χ1v) is 9.76. The molecule has 0 atom stereocenters. The van der Waals surface area contributed by atoms with Gasteiger partial charge in [-0.05, 0) is 68.7 Å². The summed E-state index contributed by atoms with van der Waals surface area (Å²) >= 11 is 0. The summed E-state index contributed by atoms with van der Waals surface area (Å²) in [5.74, 6) is -0.870. The fourth-order valence-electron chi connectivity index (χ4n) is 3.70. The zero-order valence-electron chi connectivity index (χ0n) is 17.3. The van der Waals surface area contributed by atoms with Crippen LogP contribution < -0.4 is 4.90 Å². The smallest absolute Gasteiger partial charge is 0.261 e. The standard InChI is InChI=1S/C23H26N2O4/c1-5-24(18-12-15(2)11-16(3)13-18)21(26)17-7-8-19-20(14-17)23(28)25(22(19)27)9-6-10-29-4/h7-8,11-14H,5-6,9-10H2,1-4H3. The van der Waals surface area contributed by atoms with Crippen molar-refractivity contribution in [3.05, 3.63) is 64.2 Å². The van der Waals surface area contributed by atoms with Gasteiger partial charge in [-0.15, -0.1) is 0 Å². The van der Waals surface area contributed by atoms with Gasteiger partial charge in [-0.2, -0.15) is 0 Å². The number of carbonyl (C=O) groups excluding carboxylic acids is 3. The van der Waals surface area contributed by atoms with Crippen LogP contribution in [0.15, 0.2) is 36.4 Å². The number of aryl methyl sites for hydroxylation is 2. The number of anilines is 1. The highest BCUT2D eigenvalue weighted by atomic mass is 16.5. The van der Waals surface area contributed by atoms with E-state index < -0.39 is 0 Å². The Morgan fingerprint density at radius 1 is 1.00 bits per heavy atom. The van der Waals surface area contributed by atoms with Crippen LogP contribution in [0.5, 0.6) is 0 Å². The number of methoxy groups -OCH3 is 1. The van der Waals surface area contributed by atoms with E-state index >= 15 is 0 Å². The van der Waals surface area contributed by atoms with E-state index in [4.69, 9.17) is 4.74 Å². The zero-order valence-corrected chi connectivity index (χ0v) is 17.3. The number of amides is 3. The second-order valence-corrected chi connectivity index (χ2v) is 7.26. The molecule has 0 spiro atoms. The monoisotopic (exact) mass is 394 g/mol. The van der Waals surface area contributed by atoms with E-state index in [1.54, 1.807) is 30.2 Å². The Morgan fingerprint density at radius 3 is 2.28 bits per heavy atom. The van der Waals surface area contributed by atoms with Crippen LogP contribution in [0.1, 0.15) is 55.5 Å². The first-order valence-electron chi connectivity index (χ1n) is 9.76. The number of ether oxygens (including phenoxy) is 1. The molecule has 0 fully saturated rings. The zero-order chi connectivity index (χ0) is 21.1. The minimum Gasteiger partial charge on any atom is -0.385 e. The molecular formula is C23H26N2O4. The molecule has 152 valence electrons. The second kappa shape index (κ2) is 8.57. The number of benzene rings is 2. The lowest BCUT2D eigenvalue weighted by atomic mass is 10.0. The van der Waals surface area contributed by atoms with Crippen LogP contribution in [0.3, 0.4) is 0 Å². The molecule has 3 amide bonds. The Morgan fingerprint density at radius 2 is 1.66 bits per heavy atom. The quantitative estimate of drug-likeness (QED) is 0.532. The normalized spacial score (nSPS) is 13.0. The van der Waals surface area contributed by atoms with Crippen LogP contribution >= 0.6 is 0 Å². The predicted octanol–water partition coefficient (Wildman–Crippen LogP) is 3.60. The van der Waals surface area contributed by atoms with Crippen molar-refractivity contribution in [1.29, 1.82) is 0 Å². The molecule has 1 aliphatic heterocycles. The average molecular weight is 394 g/mol. The fourth-order valence-corrected chi connectivity index (χ4v) is 3.70. The molecule has 6 nitrogen and oxygen atoms in total. The third-order valence-corrected chi connectivity index (χ3v) is 5.03. The molecule has 0 aromatic heterocycles. The molecule has 0 radical (unpaired) electrons. The maximum absolute atomic E-state index is 13.2. The molecule has 3 rings (SSSR count). The van der Waals surface area contributed by atoms with E-state index in [0.29, 0.717) is 37.2 Å².